The summed E-state index contributed by atoms with van der Waals surface area (Å²) >= 11 is 0. The minimum absolute atomic E-state index is 0.0920. The van der Waals surface area contributed by atoms with Gasteiger partial charge in [-0.15, -0.1) is 0 Å². The van der Waals surface area contributed by atoms with Gasteiger partial charge in [0.15, 0.2) is 6.10 Å². The highest BCUT2D eigenvalue weighted by Gasteiger charge is 2.17. The maximum atomic E-state index is 12.8. The van der Waals surface area contributed by atoms with Gasteiger partial charge < -0.3 is 14.2 Å². The van der Waals surface area contributed by atoms with Gasteiger partial charge in [-0.3, -0.25) is 9.59 Å². The molecular weight excluding hydrogens is 789 g/mol. The van der Waals surface area contributed by atoms with Crippen LogP contribution >= 0.6 is 0 Å². The van der Waals surface area contributed by atoms with Gasteiger partial charge in [0.25, 0.3) is 0 Å². The summed E-state index contributed by atoms with van der Waals surface area (Å²) in [5.74, 6) is -0.381. The predicted molar refractivity (Wildman–Crippen MR) is 279 cm³/mol. The van der Waals surface area contributed by atoms with Gasteiger partial charge in [-0.05, 0) is 44.9 Å². The summed E-state index contributed by atoms with van der Waals surface area (Å²) in [6, 6.07) is 0. The van der Waals surface area contributed by atoms with Crippen molar-refractivity contribution in [1.29, 1.82) is 0 Å². The largest absolute Gasteiger partial charge is 0.462 e. The molecule has 0 heterocycles. The first-order valence-corrected chi connectivity index (χ1v) is 29.2. The molecule has 380 valence electrons. The van der Waals surface area contributed by atoms with E-state index in [0.29, 0.717) is 26.1 Å². The van der Waals surface area contributed by atoms with E-state index in [2.05, 4.69) is 32.9 Å². The lowest BCUT2D eigenvalue weighted by atomic mass is 10.0. The van der Waals surface area contributed by atoms with Crippen molar-refractivity contribution in [2.45, 2.75) is 335 Å². The number of hydrogen-bond donors (Lipinski definition) is 0. The van der Waals surface area contributed by atoms with Crippen LogP contribution in [0.2, 0.25) is 0 Å². The van der Waals surface area contributed by atoms with Crippen LogP contribution in [-0.4, -0.2) is 37.9 Å². The molecular formula is C59H114O5. The Hall–Kier alpha value is -1.36. The Morgan fingerprint density at radius 3 is 0.969 bits per heavy atom. The number of carbonyl (C=O) groups is 2. The number of ether oxygens (including phenoxy) is 3. The van der Waals surface area contributed by atoms with Crippen molar-refractivity contribution in [3.63, 3.8) is 0 Å². The van der Waals surface area contributed by atoms with Crippen molar-refractivity contribution in [2.75, 3.05) is 19.8 Å². The molecule has 1 unspecified atom stereocenters. The van der Waals surface area contributed by atoms with Gasteiger partial charge in [-0.1, -0.05) is 283 Å². The van der Waals surface area contributed by atoms with Gasteiger partial charge in [-0.25, -0.2) is 0 Å². The second kappa shape index (κ2) is 56.0. The molecule has 0 aliphatic heterocycles. The topological polar surface area (TPSA) is 61.8 Å². The summed E-state index contributed by atoms with van der Waals surface area (Å²) < 4.78 is 17.5. The average molecular weight is 904 g/mol. The molecule has 1 atom stereocenters. The molecule has 0 rings (SSSR count). The van der Waals surface area contributed by atoms with Crippen LogP contribution < -0.4 is 0 Å². The fraction of sp³-hybridized carbons (Fsp3) is 0.932. The zero-order valence-corrected chi connectivity index (χ0v) is 43.8. The molecule has 64 heavy (non-hydrogen) atoms. The van der Waals surface area contributed by atoms with E-state index in [1.807, 2.05) is 0 Å². The Labute approximate surface area is 401 Å². The van der Waals surface area contributed by atoms with E-state index in [1.165, 1.54) is 250 Å². The number of esters is 2. The predicted octanol–water partition coefficient (Wildman–Crippen LogP) is 19.8. The van der Waals surface area contributed by atoms with E-state index in [0.717, 1.165) is 44.9 Å². The average Bonchev–Trinajstić information content (AvgIpc) is 3.30. The molecule has 0 saturated carbocycles. The van der Waals surface area contributed by atoms with Crippen molar-refractivity contribution in [2.24, 2.45) is 0 Å². The zero-order valence-electron chi connectivity index (χ0n) is 43.8. The number of hydrogen-bond acceptors (Lipinski definition) is 5. The number of rotatable bonds is 55. The summed E-state index contributed by atoms with van der Waals surface area (Å²) in [4.78, 5) is 25.5. The van der Waals surface area contributed by atoms with Crippen LogP contribution in [0.15, 0.2) is 12.2 Å². The molecule has 0 aliphatic rings. The molecule has 0 aromatic heterocycles. The van der Waals surface area contributed by atoms with Crippen molar-refractivity contribution in [3.05, 3.63) is 12.2 Å². The van der Waals surface area contributed by atoms with Gasteiger partial charge in [0, 0.05) is 19.4 Å². The van der Waals surface area contributed by atoms with Gasteiger partial charge in [0.1, 0.15) is 6.61 Å². The molecule has 0 saturated heterocycles. The van der Waals surface area contributed by atoms with Crippen LogP contribution in [0.4, 0.5) is 0 Å². The molecule has 5 heteroatoms. The summed E-state index contributed by atoms with van der Waals surface area (Å²) in [5, 5.41) is 0. The van der Waals surface area contributed by atoms with Crippen molar-refractivity contribution >= 4 is 11.9 Å². The van der Waals surface area contributed by atoms with Crippen molar-refractivity contribution < 1.29 is 23.8 Å². The summed E-state index contributed by atoms with van der Waals surface area (Å²) in [6.07, 6.45) is 65.2. The second-order valence-corrected chi connectivity index (χ2v) is 19.9. The lowest BCUT2D eigenvalue weighted by Crippen LogP contribution is -2.30. The smallest absolute Gasteiger partial charge is 0.306 e. The van der Waals surface area contributed by atoms with E-state index >= 15 is 0 Å². The summed E-state index contributed by atoms with van der Waals surface area (Å²) in [6.45, 7) is 7.89. The highest BCUT2D eigenvalue weighted by atomic mass is 16.6. The molecule has 0 N–H and O–H groups in total. The Morgan fingerprint density at radius 2 is 0.609 bits per heavy atom. The van der Waals surface area contributed by atoms with Crippen LogP contribution in [0.1, 0.15) is 329 Å². The van der Waals surface area contributed by atoms with Crippen molar-refractivity contribution in [3.8, 4) is 0 Å². The lowest BCUT2D eigenvalue weighted by molar-refractivity contribution is -0.163. The number of allylic oxidation sites excluding steroid dienone is 2. The van der Waals surface area contributed by atoms with Gasteiger partial charge in [0.2, 0.25) is 0 Å². The minimum atomic E-state index is -0.531. The van der Waals surface area contributed by atoms with E-state index < -0.39 is 6.10 Å². The molecule has 0 fully saturated rings. The summed E-state index contributed by atoms with van der Waals surface area (Å²) in [7, 11) is 0. The Balaban J connectivity index is 4.18. The Morgan fingerprint density at radius 1 is 0.328 bits per heavy atom. The van der Waals surface area contributed by atoms with Crippen LogP contribution in [0.25, 0.3) is 0 Å². The SMILES string of the molecule is CCCCCC/C=C\CCCCCCCC(=O)OC(COCCCCCCCCCCCCCCCCCCCC)COC(=O)CCCCCCCCCCCCCCCCCCC. The highest BCUT2D eigenvalue weighted by Crippen LogP contribution is 2.17. The van der Waals surface area contributed by atoms with E-state index in [4.69, 9.17) is 14.2 Å². The van der Waals surface area contributed by atoms with E-state index in [1.54, 1.807) is 0 Å². The number of unbranched alkanes of at least 4 members (excludes halogenated alkanes) is 42. The first-order valence-electron chi connectivity index (χ1n) is 29.2. The van der Waals surface area contributed by atoms with Gasteiger partial charge >= 0.3 is 11.9 Å². The standard InChI is InChI=1S/C59H114O5/c1-4-7-10-13-16-19-22-25-27-29-31-33-36-39-42-45-48-51-54-62-55-57(64-59(61)53-50-47-44-41-38-34-24-21-18-15-12-9-6-3)56-63-58(60)52-49-46-43-40-37-35-32-30-28-26-23-20-17-14-11-8-5-2/h21,24,57H,4-20,22-23,25-56H2,1-3H3/b24-21-. The maximum absolute atomic E-state index is 12.8. The fourth-order valence-corrected chi connectivity index (χ4v) is 8.92. The number of carbonyl (C=O) groups excluding carboxylic acids is 2. The molecule has 0 spiro atoms. The first-order chi connectivity index (χ1) is 31.6. The molecule has 0 aliphatic carbocycles. The Kier molecular flexibility index (Phi) is 54.8. The third kappa shape index (κ3) is 53.3. The minimum Gasteiger partial charge on any atom is -0.462 e. The second-order valence-electron chi connectivity index (χ2n) is 19.9. The monoisotopic (exact) mass is 903 g/mol. The zero-order chi connectivity index (χ0) is 46.3. The third-order valence-electron chi connectivity index (χ3n) is 13.3. The van der Waals surface area contributed by atoms with E-state index in [9.17, 15) is 9.59 Å². The molecule has 0 radical (unpaired) electrons. The normalized spacial score (nSPS) is 12.1. The molecule has 0 bridgehead atoms. The quantitative estimate of drug-likeness (QED) is 0.0346. The third-order valence-corrected chi connectivity index (χ3v) is 13.3. The maximum Gasteiger partial charge on any atom is 0.306 e. The van der Waals surface area contributed by atoms with Crippen molar-refractivity contribution in [1.82, 2.24) is 0 Å². The highest BCUT2D eigenvalue weighted by molar-refractivity contribution is 5.70. The van der Waals surface area contributed by atoms with Gasteiger partial charge in [0.05, 0.1) is 6.61 Å². The molecule has 0 aromatic carbocycles. The first kappa shape index (κ1) is 62.6. The summed E-state index contributed by atoms with van der Waals surface area (Å²) in [5.41, 5.74) is 0. The van der Waals surface area contributed by atoms with E-state index in [-0.39, 0.29) is 18.5 Å². The molecule has 0 aromatic rings. The lowest BCUT2D eigenvalue weighted by Gasteiger charge is -2.18. The van der Waals surface area contributed by atoms with Gasteiger partial charge in [-0.2, -0.15) is 0 Å². The fourth-order valence-electron chi connectivity index (χ4n) is 8.92. The Bertz CT molecular complexity index is 932. The van der Waals surface area contributed by atoms with Crippen LogP contribution in [0.5, 0.6) is 0 Å². The molecule has 5 nitrogen and oxygen atoms in total. The van der Waals surface area contributed by atoms with Crippen LogP contribution in [0.3, 0.4) is 0 Å². The molecule has 0 amide bonds. The van der Waals surface area contributed by atoms with Crippen LogP contribution in [0, 0.1) is 0 Å². The van der Waals surface area contributed by atoms with Crippen LogP contribution in [-0.2, 0) is 23.8 Å².